The highest BCUT2D eigenvalue weighted by Gasteiger charge is 2.22. The third kappa shape index (κ3) is 5.99. The number of furan rings is 1. The molecule has 1 aliphatic carbocycles. The maximum absolute atomic E-state index is 13.7. The Hall–Kier alpha value is -4.90. The van der Waals surface area contributed by atoms with Crippen LogP contribution in [0.3, 0.4) is 0 Å². The van der Waals surface area contributed by atoms with E-state index in [9.17, 15) is 14.7 Å². The number of para-hydroxylation sites is 1. The van der Waals surface area contributed by atoms with E-state index in [1.165, 1.54) is 24.0 Å². The number of aromatic carboxylic acids is 1. The molecule has 1 amide bonds. The smallest absolute Gasteiger partial charge is 0.335 e. The first kappa shape index (κ1) is 26.3. The predicted octanol–water partition coefficient (Wildman–Crippen LogP) is 8.72. The fourth-order valence-electron chi connectivity index (χ4n) is 5.48. The first-order chi connectivity index (χ1) is 20.0. The summed E-state index contributed by atoms with van der Waals surface area (Å²) in [6, 6.07) is 32.6. The quantitative estimate of drug-likeness (QED) is 0.206. The normalized spacial score (nSPS) is 13.9. The number of carbonyl (C=O) groups excluding carboxylic acids is 1. The van der Waals surface area contributed by atoms with Gasteiger partial charge in [0.15, 0.2) is 0 Å². The topological polar surface area (TPSA) is 79.5 Å². The average Bonchev–Trinajstić information content (AvgIpc) is 3.45. The highest BCUT2D eigenvalue weighted by atomic mass is 16.4. The summed E-state index contributed by atoms with van der Waals surface area (Å²) in [7, 11) is 0. The highest BCUT2D eigenvalue weighted by Crippen LogP contribution is 2.31. The van der Waals surface area contributed by atoms with E-state index in [1.54, 1.807) is 24.3 Å². The molecule has 4 aromatic carbocycles. The lowest BCUT2D eigenvalue weighted by Crippen LogP contribution is -2.23. The lowest BCUT2D eigenvalue weighted by atomic mass is 9.88. The zero-order valence-electron chi connectivity index (χ0n) is 22.7. The second-order valence-corrected chi connectivity index (χ2v) is 10.6. The summed E-state index contributed by atoms with van der Waals surface area (Å²) in [6.45, 7) is 0. The molecule has 5 aromatic rings. The van der Waals surface area contributed by atoms with Gasteiger partial charge in [-0.3, -0.25) is 4.79 Å². The molecule has 41 heavy (non-hydrogen) atoms. The maximum Gasteiger partial charge on any atom is 0.335 e. The van der Waals surface area contributed by atoms with Crippen LogP contribution in [0.25, 0.3) is 27.9 Å². The van der Waals surface area contributed by atoms with Gasteiger partial charge in [-0.15, -0.1) is 0 Å². The lowest BCUT2D eigenvalue weighted by Gasteiger charge is -2.19. The van der Waals surface area contributed by atoms with Crippen molar-refractivity contribution in [3.63, 3.8) is 0 Å². The third-order valence-electron chi connectivity index (χ3n) is 7.79. The molecule has 0 aliphatic heterocycles. The van der Waals surface area contributed by atoms with Crippen molar-refractivity contribution < 1.29 is 19.1 Å². The van der Waals surface area contributed by atoms with Crippen molar-refractivity contribution in [2.24, 2.45) is 0 Å². The van der Waals surface area contributed by atoms with E-state index < -0.39 is 11.9 Å². The molecule has 0 fully saturated rings. The van der Waals surface area contributed by atoms with E-state index in [-0.39, 0.29) is 11.5 Å². The molecule has 1 aliphatic rings. The summed E-state index contributed by atoms with van der Waals surface area (Å²) in [6.07, 6.45) is 7.42. The fraction of sp³-hybridized carbons (Fsp3) is 0.167. The first-order valence-electron chi connectivity index (χ1n) is 14.0. The van der Waals surface area contributed by atoms with Gasteiger partial charge in [-0.1, -0.05) is 60.7 Å². The number of amides is 1. The molecule has 0 radical (unpaired) electrons. The van der Waals surface area contributed by atoms with E-state index in [4.69, 9.17) is 4.42 Å². The van der Waals surface area contributed by atoms with Crippen molar-refractivity contribution >= 4 is 34.1 Å². The van der Waals surface area contributed by atoms with Crippen LogP contribution in [-0.4, -0.2) is 17.0 Å². The highest BCUT2D eigenvalue weighted by molar-refractivity contribution is 5.96. The minimum absolute atomic E-state index is 0.117. The molecule has 5 nitrogen and oxygen atoms in total. The number of hydrogen-bond acceptors (Lipinski definition) is 3. The second kappa shape index (κ2) is 11.7. The van der Waals surface area contributed by atoms with Crippen LogP contribution in [0.2, 0.25) is 0 Å². The fourth-order valence-corrected chi connectivity index (χ4v) is 5.48. The van der Waals surface area contributed by atoms with E-state index in [2.05, 4.69) is 23.5 Å². The van der Waals surface area contributed by atoms with Gasteiger partial charge in [-0.05, 0) is 103 Å². The number of rotatable bonds is 8. The van der Waals surface area contributed by atoms with Gasteiger partial charge in [0.1, 0.15) is 11.3 Å². The molecule has 0 saturated heterocycles. The summed E-state index contributed by atoms with van der Waals surface area (Å²) < 4.78 is 5.99. The lowest BCUT2D eigenvalue weighted by molar-refractivity contribution is -0.117. The molecular weight excluding hydrogens is 510 g/mol. The second-order valence-electron chi connectivity index (χ2n) is 10.6. The molecular formula is C36H31NO4. The molecule has 0 saturated carbocycles. The zero-order chi connectivity index (χ0) is 28.2. The minimum atomic E-state index is -0.968. The number of fused-ring (bicyclic) bond motifs is 1. The molecule has 0 spiro atoms. The van der Waals surface area contributed by atoms with Crippen molar-refractivity contribution in [3.8, 4) is 11.3 Å². The van der Waals surface area contributed by atoms with Gasteiger partial charge >= 0.3 is 5.97 Å². The largest absolute Gasteiger partial charge is 0.478 e. The van der Waals surface area contributed by atoms with Gasteiger partial charge in [0.05, 0.1) is 11.5 Å². The Bertz CT molecular complexity index is 1680. The Labute approximate surface area is 239 Å². The molecule has 2 N–H and O–H groups in total. The van der Waals surface area contributed by atoms with Gasteiger partial charge < -0.3 is 14.8 Å². The van der Waals surface area contributed by atoms with Crippen molar-refractivity contribution in [3.05, 3.63) is 131 Å². The third-order valence-corrected chi connectivity index (χ3v) is 7.79. The predicted molar refractivity (Wildman–Crippen MR) is 163 cm³/mol. The van der Waals surface area contributed by atoms with Crippen molar-refractivity contribution in [2.45, 2.75) is 38.0 Å². The van der Waals surface area contributed by atoms with E-state index in [0.717, 1.165) is 46.3 Å². The molecule has 1 aromatic heterocycles. The number of carbonyl (C=O) groups is 2. The van der Waals surface area contributed by atoms with Gasteiger partial charge in [0.25, 0.3) is 0 Å². The van der Waals surface area contributed by atoms with Crippen LogP contribution < -0.4 is 5.32 Å². The van der Waals surface area contributed by atoms with Crippen molar-refractivity contribution in [2.75, 3.05) is 5.32 Å². The SMILES string of the molecule is O=C(O)c1ccc(CC(C(=O)Nc2ccc(-c3cc4ccccc4o3)cc2)c2ccc(C3=CCCCC3)cc2)cc1. The number of allylic oxidation sites excluding steroid dienone is 2. The Morgan fingerprint density at radius 1 is 0.829 bits per heavy atom. The number of carboxylic acid groups (broad SMARTS) is 1. The molecule has 0 bridgehead atoms. The van der Waals surface area contributed by atoms with Crippen LogP contribution in [-0.2, 0) is 11.2 Å². The molecule has 1 atom stereocenters. The number of nitrogens with one attached hydrogen (secondary N) is 1. The van der Waals surface area contributed by atoms with E-state index >= 15 is 0 Å². The summed E-state index contributed by atoms with van der Waals surface area (Å²) in [5.74, 6) is -0.756. The first-order valence-corrected chi connectivity index (χ1v) is 14.0. The molecule has 5 heteroatoms. The maximum atomic E-state index is 13.7. The molecule has 1 heterocycles. The number of benzene rings is 4. The van der Waals surface area contributed by atoms with Gasteiger partial charge in [0.2, 0.25) is 5.91 Å². The molecule has 1 unspecified atom stereocenters. The van der Waals surface area contributed by atoms with Crippen LogP contribution in [0.1, 0.15) is 58.6 Å². The monoisotopic (exact) mass is 541 g/mol. The van der Waals surface area contributed by atoms with Crippen molar-refractivity contribution in [1.29, 1.82) is 0 Å². The van der Waals surface area contributed by atoms with Crippen LogP contribution in [0.5, 0.6) is 0 Å². The Kier molecular flexibility index (Phi) is 7.50. The summed E-state index contributed by atoms with van der Waals surface area (Å²) in [5, 5.41) is 13.4. The van der Waals surface area contributed by atoms with Crippen molar-refractivity contribution in [1.82, 2.24) is 0 Å². The van der Waals surface area contributed by atoms with Gasteiger partial charge in [-0.2, -0.15) is 0 Å². The number of anilines is 1. The van der Waals surface area contributed by atoms with Crippen LogP contribution in [0.15, 0.2) is 114 Å². The Balaban J connectivity index is 1.23. The number of carboxylic acids is 1. The molecule has 6 rings (SSSR count). The van der Waals surface area contributed by atoms with E-state index in [1.807, 2.05) is 66.7 Å². The Morgan fingerprint density at radius 3 is 2.24 bits per heavy atom. The summed E-state index contributed by atoms with van der Waals surface area (Å²) in [4.78, 5) is 25.0. The van der Waals surface area contributed by atoms with E-state index in [0.29, 0.717) is 12.1 Å². The Morgan fingerprint density at radius 2 is 1.56 bits per heavy atom. The van der Waals surface area contributed by atoms with Crippen LogP contribution in [0.4, 0.5) is 5.69 Å². The van der Waals surface area contributed by atoms with Crippen LogP contribution >= 0.6 is 0 Å². The van der Waals surface area contributed by atoms with Crippen LogP contribution in [0, 0.1) is 0 Å². The average molecular weight is 542 g/mol. The summed E-state index contributed by atoms with van der Waals surface area (Å²) >= 11 is 0. The summed E-state index contributed by atoms with van der Waals surface area (Å²) in [5.41, 5.74) is 7.09. The van der Waals surface area contributed by atoms with Gasteiger partial charge in [-0.25, -0.2) is 4.79 Å². The minimum Gasteiger partial charge on any atom is -0.478 e. The standard InChI is InChI=1S/C36H31NO4/c38-35(37-31-20-18-28(19-21-31)34-23-30-8-4-5-9-33(30)41-34)32(22-24-10-12-29(13-11-24)36(39)40)27-16-14-26(15-17-27)25-6-2-1-3-7-25/h4-6,8-21,23,32H,1-3,7,22H2,(H,37,38)(H,39,40). The molecule has 204 valence electrons. The van der Waals surface area contributed by atoms with Gasteiger partial charge in [0, 0.05) is 16.6 Å². The zero-order valence-corrected chi connectivity index (χ0v) is 22.7. The number of hydrogen-bond donors (Lipinski definition) is 2.